The smallest absolute Gasteiger partial charge is 0.301 e. The maximum Gasteiger partial charge on any atom is 0.301 e. The SMILES string of the molecule is Cc1ccccc1-c1csc(-n2[nH]c(C)c(N=Nc3ccc(O)cc3)c2=O)n1. The van der Waals surface area contributed by atoms with Gasteiger partial charge in [0.25, 0.3) is 0 Å². The van der Waals surface area contributed by atoms with E-state index in [1.165, 1.54) is 28.2 Å². The van der Waals surface area contributed by atoms with Crippen molar-refractivity contribution >= 4 is 22.7 Å². The highest BCUT2D eigenvalue weighted by Gasteiger charge is 2.15. The quantitative estimate of drug-likeness (QED) is 0.478. The predicted octanol–water partition coefficient (Wildman–Crippen LogP) is 5.03. The summed E-state index contributed by atoms with van der Waals surface area (Å²) in [7, 11) is 0. The van der Waals surface area contributed by atoms with E-state index in [-0.39, 0.29) is 17.0 Å². The first-order valence-corrected chi connectivity index (χ1v) is 9.45. The zero-order valence-corrected chi connectivity index (χ0v) is 16.1. The Bertz CT molecular complexity index is 1220. The van der Waals surface area contributed by atoms with Crippen molar-refractivity contribution in [1.82, 2.24) is 14.8 Å². The van der Waals surface area contributed by atoms with E-state index < -0.39 is 0 Å². The number of hydrogen-bond donors (Lipinski definition) is 2. The van der Waals surface area contributed by atoms with Crippen LogP contribution < -0.4 is 5.56 Å². The minimum Gasteiger partial charge on any atom is -0.508 e. The van der Waals surface area contributed by atoms with Crippen LogP contribution in [-0.2, 0) is 0 Å². The van der Waals surface area contributed by atoms with E-state index >= 15 is 0 Å². The molecule has 0 spiro atoms. The minimum atomic E-state index is -0.314. The van der Waals surface area contributed by atoms with Gasteiger partial charge in [-0.1, -0.05) is 24.3 Å². The van der Waals surface area contributed by atoms with Gasteiger partial charge in [-0.3, -0.25) is 9.89 Å². The fourth-order valence-corrected chi connectivity index (χ4v) is 3.55. The van der Waals surface area contributed by atoms with Crippen LogP contribution in [-0.4, -0.2) is 19.9 Å². The Balaban J connectivity index is 1.67. The van der Waals surface area contributed by atoms with Gasteiger partial charge in [0.05, 0.1) is 17.1 Å². The first-order chi connectivity index (χ1) is 13.5. The lowest BCUT2D eigenvalue weighted by Gasteiger charge is -2.00. The molecular weight excluding hydrogens is 374 g/mol. The standard InChI is InChI=1S/C20H17N5O2S/c1-12-5-3-4-6-16(12)17-11-28-20(21-17)25-19(27)18(13(2)24-25)23-22-14-7-9-15(26)10-8-14/h3-11,24,26H,1-2H3. The van der Waals surface area contributed by atoms with Crippen LogP contribution >= 0.6 is 11.3 Å². The molecule has 0 unspecified atom stereocenters. The second-order valence-electron chi connectivity index (χ2n) is 6.27. The van der Waals surface area contributed by atoms with Gasteiger partial charge in [0.1, 0.15) is 5.75 Å². The van der Waals surface area contributed by atoms with Gasteiger partial charge in [0, 0.05) is 10.9 Å². The minimum absolute atomic E-state index is 0.146. The monoisotopic (exact) mass is 391 g/mol. The van der Waals surface area contributed by atoms with E-state index in [9.17, 15) is 9.90 Å². The van der Waals surface area contributed by atoms with E-state index in [1.54, 1.807) is 19.1 Å². The number of phenolic OH excluding ortho intramolecular Hbond substituents is 1. The molecule has 0 saturated heterocycles. The number of azo groups is 1. The van der Waals surface area contributed by atoms with Gasteiger partial charge in [0.15, 0.2) is 5.69 Å². The summed E-state index contributed by atoms with van der Waals surface area (Å²) in [6, 6.07) is 14.3. The van der Waals surface area contributed by atoms with E-state index in [2.05, 4.69) is 20.3 Å². The zero-order chi connectivity index (χ0) is 19.7. The summed E-state index contributed by atoms with van der Waals surface area (Å²) >= 11 is 1.38. The van der Waals surface area contributed by atoms with Crippen molar-refractivity contribution < 1.29 is 5.11 Å². The highest BCUT2D eigenvalue weighted by molar-refractivity contribution is 7.12. The Kier molecular flexibility index (Phi) is 4.62. The summed E-state index contributed by atoms with van der Waals surface area (Å²) in [4.78, 5) is 17.4. The molecule has 4 rings (SSSR count). The average Bonchev–Trinajstić information content (AvgIpc) is 3.27. The van der Waals surface area contributed by atoms with Crippen molar-refractivity contribution in [2.24, 2.45) is 10.2 Å². The fourth-order valence-electron chi connectivity index (χ4n) is 2.77. The summed E-state index contributed by atoms with van der Waals surface area (Å²) in [5.41, 5.74) is 4.03. The Morgan fingerprint density at radius 1 is 1.07 bits per heavy atom. The number of H-pyrrole nitrogens is 1. The molecule has 2 N–H and O–H groups in total. The third kappa shape index (κ3) is 3.37. The van der Waals surface area contributed by atoms with Crippen molar-refractivity contribution in [3.8, 4) is 22.1 Å². The zero-order valence-electron chi connectivity index (χ0n) is 15.2. The van der Waals surface area contributed by atoms with Gasteiger partial charge in [-0.25, -0.2) is 4.98 Å². The second kappa shape index (κ2) is 7.24. The molecule has 0 aliphatic carbocycles. The molecule has 0 radical (unpaired) electrons. The molecule has 28 heavy (non-hydrogen) atoms. The molecule has 0 saturated carbocycles. The summed E-state index contributed by atoms with van der Waals surface area (Å²) in [6.07, 6.45) is 0. The van der Waals surface area contributed by atoms with Gasteiger partial charge < -0.3 is 5.11 Å². The third-order valence-electron chi connectivity index (χ3n) is 4.26. The molecule has 4 aromatic rings. The maximum absolute atomic E-state index is 12.8. The summed E-state index contributed by atoms with van der Waals surface area (Å²) < 4.78 is 1.38. The number of hydrogen-bond acceptors (Lipinski definition) is 6. The summed E-state index contributed by atoms with van der Waals surface area (Å²) in [5, 5.41) is 23.0. The number of nitrogens with one attached hydrogen (secondary N) is 1. The van der Waals surface area contributed by atoms with Gasteiger partial charge in [-0.2, -0.15) is 9.80 Å². The van der Waals surface area contributed by atoms with Crippen LogP contribution in [0.2, 0.25) is 0 Å². The van der Waals surface area contributed by atoms with Crippen molar-refractivity contribution in [2.45, 2.75) is 13.8 Å². The molecule has 2 aromatic carbocycles. The van der Waals surface area contributed by atoms with E-state index in [0.29, 0.717) is 16.5 Å². The maximum atomic E-state index is 12.8. The number of thiazole rings is 1. The number of phenols is 1. The highest BCUT2D eigenvalue weighted by atomic mass is 32.1. The van der Waals surface area contributed by atoms with Gasteiger partial charge in [-0.15, -0.1) is 16.5 Å². The number of aryl methyl sites for hydroxylation is 2. The number of rotatable bonds is 4. The third-order valence-corrected chi connectivity index (χ3v) is 5.09. The average molecular weight is 391 g/mol. The van der Waals surface area contributed by atoms with E-state index in [0.717, 1.165) is 16.8 Å². The van der Waals surface area contributed by atoms with Crippen molar-refractivity contribution in [1.29, 1.82) is 0 Å². The predicted molar refractivity (Wildman–Crippen MR) is 109 cm³/mol. The number of benzene rings is 2. The lowest BCUT2D eigenvalue weighted by molar-refractivity contribution is 0.475. The molecule has 0 bridgehead atoms. The molecule has 7 nitrogen and oxygen atoms in total. The Morgan fingerprint density at radius 2 is 1.82 bits per heavy atom. The number of aromatic amines is 1. The number of aromatic hydroxyl groups is 1. The van der Waals surface area contributed by atoms with Crippen LogP contribution in [0.5, 0.6) is 5.75 Å². The molecule has 0 amide bonds. The van der Waals surface area contributed by atoms with Gasteiger partial charge in [0.2, 0.25) is 5.13 Å². The van der Waals surface area contributed by atoms with Gasteiger partial charge >= 0.3 is 5.56 Å². The number of nitrogens with zero attached hydrogens (tertiary/aromatic N) is 4. The highest BCUT2D eigenvalue weighted by Crippen LogP contribution is 2.27. The van der Waals surface area contributed by atoms with Gasteiger partial charge in [-0.05, 0) is 43.7 Å². The van der Waals surface area contributed by atoms with Crippen LogP contribution in [0.4, 0.5) is 11.4 Å². The molecule has 8 heteroatoms. The number of aromatic nitrogens is 3. The van der Waals surface area contributed by atoms with Crippen LogP contribution in [0.3, 0.4) is 0 Å². The van der Waals surface area contributed by atoms with Crippen LogP contribution in [0.15, 0.2) is 68.9 Å². The molecule has 0 atom stereocenters. The van der Waals surface area contributed by atoms with E-state index in [1.807, 2.05) is 36.6 Å². The first-order valence-electron chi connectivity index (χ1n) is 8.57. The molecule has 0 aliphatic heterocycles. The molecular formula is C20H17N5O2S. The molecule has 2 heterocycles. The Hall–Kier alpha value is -3.52. The second-order valence-corrected chi connectivity index (χ2v) is 7.11. The fraction of sp³-hybridized carbons (Fsp3) is 0.100. The summed E-state index contributed by atoms with van der Waals surface area (Å²) in [6.45, 7) is 3.79. The normalized spacial score (nSPS) is 11.4. The molecule has 0 fully saturated rings. The lowest BCUT2D eigenvalue weighted by atomic mass is 10.1. The van der Waals surface area contributed by atoms with Crippen LogP contribution in [0.25, 0.3) is 16.4 Å². The van der Waals surface area contributed by atoms with Crippen molar-refractivity contribution in [3.63, 3.8) is 0 Å². The van der Waals surface area contributed by atoms with Crippen molar-refractivity contribution in [2.75, 3.05) is 0 Å². The molecule has 140 valence electrons. The lowest BCUT2D eigenvalue weighted by Crippen LogP contribution is -2.13. The topological polar surface area (TPSA) is 95.6 Å². The Labute approximate surface area is 164 Å². The largest absolute Gasteiger partial charge is 0.508 e. The van der Waals surface area contributed by atoms with Crippen LogP contribution in [0.1, 0.15) is 11.3 Å². The molecule has 0 aliphatic rings. The first kappa shape index (κ1) is 17.9. The van der Waals surface area contributed by atoms with Crippen molar-refractivity contribution in [3.05, 3.63) is 75.5 Å². The molecule has 2 aromatic heterocycles. The summed E-state index contributed by atoms with van der Waals surface area (Å²) in [5.74, 6) is 0.146. The van der Waals surface area contributed by atoms with E-state index in [4.69, 9.17) is 0 Å². The van der Waals surface area contributed by atoms with Crippen LogP contribution in [0, 0.1) is 13.8 Å². The Morgan fingerprint density at radius 3 is 2.57 bits per heavy atom.